The SMILES string of the molecule is COCCn1c2c(c(=O)[nH]c1=O)[C@@H](c1ccc(SC)cc1)C1=C(N2)c2ccccc2C1=O. The molecule has 1 aromatic heterocycles. The van der Waals surface area contributed by atoms with E-state index < -0.39 is 17.2 Å². The molecule has 0 radical (unpaired) electrons. The van der Waals surface area contributed by atoms with Crippen LogP contribution in [-0.4, -0.2) is 35.3 Å². The second-order valence-corrected chi connectivity index (χ2v) is 8.54. The summed E-state index contributed by atoms with van der Waals surface area (Å²) in [4.78, 5) is 42.8. The van der Waals surface area contributed by atoms with E-state index in [-0.39, 0.29) is 12.3 Å². The molecule has 2 aromatic carbocycles. The number of hydrogen-bond acceptors (Lipinski definition) is 6. The van der Waals surface area contributed by atoms with E-state index in [1.807, 2.05) is 48.7 Å². The Morgan fingerprint density at radius 3 is 2.44 bits per heavy atom. The van der Waals surface area contributed by atoms with Gasteiger partial charge in [0.25, 0.3) is 5.56 Å². The number of fused-ring (bicyclic) bond motifs is 3. The second-order valence-electron chi connectivity index (χ2n) is 7.66. The maximum atomic E-state index is 13.5. The molecule has 0 unspecified atom stereocenters. The van der Waals surface area contributed by atoms with Crippen molar-refractivity contribution >= 4 is 29.1 Å². The summed E-state index contributed by atoms with van der Waals surface area (Å²) < 4.78 is 6.64. The molecule has 5 rings (SSSR count). The van der Waals surface area contributed by atoms with Gasteiger partial charge in [-0.1, -0.05) is 36.4 Å². The third kappa shape index (κ3) is 3.06. The van der Waals surface area contributed by atoms with Gasteiger partial charge in [-0.05, 0) is 24.0 Å². The molecule has 3 aromatic rings. The summed E-state index contributed by atoms with van der Waals surface area (Å²) in [6.07, 6.45) is 1.99. The molecule has 0 saturated heterocycles. The monoisotopic (exact) mass is 447 g/mol. The van der Waals surface area contributed by atoms with Crippen LogP contribution >= 0.6 is 11.8 Å². The van der Waals surface area contributed by atoms with Gasteiger partial charge in [0.15, 0.2) is 5.78 Å². The molecule has 0 bridgehead atoms. The Bertz CT molecular complexity index is 1390. The molecule has 0 saturated carbocycles. The van der Waals surface area contributed by atoms with Gasteiger partial charge in [0.2, 0.25) is 0 Å². The molecule has 2 aliphatic rings. The van der Waals surface area contributed by atoms with Gasteiger partial charge in [0.05, 0.1) is 24.4 Å². The third-order valence-corrected chi connectivity index (χ3v) is 6.72. The predicted octanol–water partition coefficient (Wildman–Crippen LogP) is 3.07. The van der Waals surface area contributed by atoms with Crippen molar-refractivity contribution in [1.29, 1.82) is 0 Å². The van der Waals surface area contributed by atoms with Crippen LogP contribution < -0.4 is 16.6 Å². The van der Waals surface area contributed by atoms with Crippen LogP contribution in [0.15, 0.2) is 68.6 Å². The zero-order valence-electron chi connectivity index (χ0n) is 17.6. The summed E-state index contributed by atoms with van der Waals surface area (Å²) in [6, 6.07) is 15.2. The lowest BCUT2D eigenvalue weighted by Gasteiger charge is -2.29. The molecule has 32 heavy (non-hydrogen) atoms. The summed E-state index contributed by atoms with van der Waals surface area (Å²) in [5, 5.41) is 3.27. The van der Waals surface area contributed by atoms with Gasteiger partial charge in [0.1, 0.15) is 5.82 Å². The van der Waals surface area contributed by atoms with E-state index >= 15 is 0 Å². The highest BCUT2D eigenvalue weighted by molar-refractivity contribution is 7.98. The normalized spacial score (nSPS) is 16.4. The topological polar surface area (TPSA) is 93.2 Å². The van der Waals surface area contributed by atoms with Gasteiger partial charge in [-0.3, -0.25) is 19.1 Å². The van der Waals surface area contributed by atoms with Gasteiger partial charge in [-0.25, -0.2) is 4.79 Å². The number of allylic oxidation sites excluding steroid dienone is 1. The zero-order valence-corrected chi connectivity index (χ0v) is 18.4. The van der Waals surface area contributed by atoms with Crippen LogP contribution in [0.3, 0.4) is 0 Å². The number of nitrogens with one attached hydrogen (secondary N) is 2. The number of ketones is 1. The Hall–Kier alpha value is -3.36. The van der Waals surface area contributed by atoms with Crippen molar-refractivity contribution in [3.63, 3.8) is 0 Å². The number of rotatable bonds is 5. The molecule has 0 amide bonds. The molecule has 0 fully saturated rings. The van der Waals surface area contributed by atoms with Gasteiger partial charge < -0.3 is 10.1 Å². The molecule has 8 heteroatoms. The number of hydrogen-bond donors (Lipinski definition) is 2. The number of carbonyl (C=O) groups excluding carboxylic acids is 1. The van der Waals surface area contributed by atoms with Crippen molar-refractivity contribution in [3.8, 4) is 0 Å². The van der Waals surface area contributed by atoms with Crippen LogP contribution in [0.2, 0.25) is 0 Å². The third-order valence-electron chi connectivity index (χ3n) is 5.98. The first-order valence-electron chi connectivity index (χ1n) is 10.2. The van der Waals surface area contributed by atoms with Crippen molar-refractivity contribution in [2.24, 2.45) is 0 Å². The summed E-state index contributed by atoms with van der Waals surface area (Å²) in [6.45, 7) is 0.562. The van der Waals surface area contributed by atoms with Crippen molar-refractivity contribution in [3.05, 3.63) is 97.2 Å². The van der Waals surface area contributed by atoms with E-state index in [1.165, 1.54) is 4.57 Å². The van der Waals surface area contributed by atoms with Crippen molar-refractivity contribution in [2.45, 2.75) is 17.4 Å². The fraction of sp³-hybridized carbons (Fsp3) is 0.208. The molecule has 1 atom stereocenters. The maximum Gasteiger partial charge on any atom is 0.330 e. The van der Waals surface area contributed by atoms with E-state index in [4.69, 9.17) is 4.74 Å². The largest absolute Gasteiger partial charge is 0.383 e. The predicted molar refractivity (Wildman–Crippen MR) is 125 cm³/mol. The summed E-state index contributed by atoms with van der Waals surface area (Å²) in [5.41, 5.74) is 2.70. The summed E-state index contributed by atoms with van der Waals surface area (Å²) in [7, 11) is 1.55. The number of Topliss-reactive ketones (excluding diaryl/α,β-unsaturated/α-hetero) is 1. The first-order valence-corrected chi connectivity index (χ1v) is 11.4. The molecule has 2 heterocycles. The van der Waals surface area contributed by atoms with Gasteiger partial charge in [-0.2, -0.15) is 0 Å². The highest BCUT2D eigenvalue weighted by Gasteiger charge is 2.42. The van der Waals surface area contributed by atoms with E-state index in [0.717, 1.165) is 16.0 Å². The molecular formula is C24H21N3O4S. The summed E-state index contributed by atoms with van der Waals surface area (Å²) >= 11 is 1.62. The average Bonchev–Trinajstić information content (AvgIpc) is 3.10. The number of anilines is 1. The number of carbonyl (C=O) groups is 1. The number of ether oxygens (including phenoxy) is 1. The minimum absolute atomic E-state index is 0.110. The van der Waals surface area contributed by atoms with Crippen molar-refractivity contribution in [1.82, 2.24) is 9.55 Å². The zero-order chi connectivity index (χ0) is 22.4. The van der Waals surface area contributed by atoms with Crippen molar-refractivity contribution in [2.75, 3.05) is 25.3 Å². The molecule has 1 aliphatic heterocycles. The number of nitrogens with zero attached hydrogens (tertiary/aromatic N) is 1. The Morgan fingerprint density at radius 1 is 1.03 bits per heavy atom. The van der Waals surface area contributed by atoms with E-state index in [9.17, 15) is 14.4 Å². The number of H-pyrrole nitrogens is 1. The molecule has 7 nitrogen and oxygen atoms in total. The minimum atomic E-state index is -0.602. The average molecular weight is 448 g/mol. The van der Waals surface area contributed by atoms with Gasteiger partial charge in [-0.15, -0.1) is 11.8 Å². The van der Waals surface area contributed by atoms with E-state index in [0.29, 0.717) is 34.8 Å². The van der Waals surface area contributed by atoms with E-state index in [2.05, 4.69) is 10.3 Å². The van der Waals surface area contributed by atoms with Crippen LogP contribution in [0.5, 0.6) is 0 Å². The quantitative estimate of drug-likeness (QED) is 0.584. The number of aromatic amines is 1. The number of aromatic nitrogens is 2. The molecule has 1 aliphatic carbocycles. The van der Waals surface area contributed by atoms with Gasteiger partial charge in [0, 0.05) is 34.6 Å². The van der Waals surface area contributed by atoms with Crippen LogP contribution in [-0.2, 0) is 11.3 Å². The second kappa shape index (κ2) is 7.96. The Labute approximate surface area is 188 Å². The summed E-state index contributed by atoms with van der Waals surface area (Å²) in [5.74, 6) is -0.310. The number of benzene rings is 2. The first kappa shape index (κ1) is 20.5. The van der Waals surface area contributed by atoms with Crippen molar-refractivity contribution < 1.29 is 9.53 Å². The van der Waals surface area contributed by atoms with E-state index in [1.54, 1.807) is 24.9 Å². The lowest BCUT2D eigenvalue weighted by molar-refractivity contribution is 0.103. The standard InChI is InChI=1S/C24H21N3O4S/c1-31-12-11-27-22-19(23(29)26-24(27)30)17(13-7-9-14(32-2)10-8-13)18-20(25-22)15-5-3-4-6-16(15)21(18)28/h3-10,17,25H,11-12H2,1-2H3,(H,26,29,30)/t17-/m0/s1. The highest BCUT2D eigenvalue weighted by atomic mass is 32.2. The first-order chi connectivity index (χ1) is 15.5. The Balaban J connectivity index is 1.80. The maximum absolute atomic E-state index is 13.5. The highest BCUT2D eigenvalue weighted by Crippen LogP contribution is 2.47. The Kier molecular flexibility index (Phi) is 5.11. The van der Waals surface area contributed by atoms with Crippen LogP contribution in [0.4, 0.5) is 5.82 Å². The lowest BCUT2D eigenvalue weighted by Crippen LogP contribution is -2.38. The smallest absolute Gasteiger partial charge is 0.330 e. The molecule has 162 valence electrons. The fourth-order valence-corrected chi connectivity index (χ4v) is 4.90. The van der Waals surface area contributed by atoms with Gasteiger partial charge >= 0.3 is 5.69 Å². The molecule has 2 N–H and O–H groups in total. The van der Waals surface area contributed by atoms with Crippen LogP contribution in [0.1, 0.15) is 33.0 Å². The van der Waals surface area contributed by atoms with Crippen LogP contribution in [0, 0.1) is 0 Å². The number of methoxy groups -OCH3 is 1. The fourth-order valence-electron chi connectivity index (χ4n) is 4.49. The minimum Gasteiger partial charge on any atom is -0.383 e. The molecular weight excluding hydrogens is 426 g/mol. The lowest BCUT2D eigenvalue weighted by atomic mass is 9.81. The Morgan fingerprint density at radius 2 is 1.75 bits per heavy atom. The van der Waals surface area contributed by atoms with Crippen LogP contribution in [0.25, 0.3) is 5.70 Å². The molecule has 0 spiro atoms. The number of thioether (sulfide) groups is 1.